The van der Waals surface area contributed by atoms with Crippen molar-refractivity contribution in [1.82, 2.24) is 5.32 Å². The molecular weight excluding hydrogens is 246 g/mol. The second-order valence-electron chi connectivity index (χ2n) is 6.81. The van der Waals surface area contributed by atoms with Crippen LogP contribution in [0, 0.1) is 5.41 Å². The Hall–Kier alpha value is -0.860. The molecule has 110 valence electrons. The van der Waals surface area contributed by atoms with Crippen LogP contribution in [0.3, 0.4) is 0 Å². The van der Waals surface area contributed by atoms with Gasteiger partial charge in [0.15, 0.2) is 0 Å². The summed E-state index contributed by atoms with van der Waals surface area (Å²) in [5, 5.41) is 13.6. The predicted molar refractivity (Wildman–Crippen MR) is 82.9 cm³/mol. The van der Waals surface area contributed by atoms with Crippen molar-refractivity contribution in [2.24, 2.45) is 5.41 Å². The van der Waals surface area contributed by atoms with E-state index in [0.29, 0.717) is 12.6 Å². The molecule has 0 amide bonds. The lowest BCUT2D eigenvalue weighted by molar-refractivity contribution is 0.0777. The highest BCUT2D eigenvalue weighted by Gasteiger charge is 2.32. The summed E-state index contributed by atoms with van der Waals surface area (Å²) in [6.45, 7) is 1.35. The van der Waals surface area contributed by atoms with Crippen molar-refractivity contribution in [2.75, 3.05) is 13.2 Å². The van der Waals surface area contributed by atoms with E-state index in [1.54, 1.807) is 0 Å². The molecule has 0 aromatic heterocycles. The summed E-state index contributed by atoms with van der Waals surface area (Å²) in [6, 6.07) is 9.43. The van der Waals surface area contributed by atoms with E-state index in [0.717, 1.165) is 13.0 Å². The summed E-state index contributed by atoms with van der Waals surface area (Å²) in [5.74, 6) is 0. The third-order valence-corrected chi connectivity index (χ3v) is 5.36. The Labute approximate surface area is 122 Å². The van der Waals surface area contributed by atoms with E-state index in [2.05, 4.69) is 29.6 Å². The van der Waals surface area contributed by atoms with Gasteiger partial charge in [-0.15, -0.1) is 0 Å². The highest BCUT2D eigenvalue weighted by Crippen LogP contribution is 2.35. The predicted octanol–water partition coefficient (Wildman–Crippen LogP) is 3.08. The minimum absolute atomic E-state index is 0.162. The van der Waals surface area contributed by atoms with Gasteiger partial charge in [0.05, 0.1) is 0 Å². The lowest BCUT2D eigenvalue weighted by Crippen LogP contribution is -2.44. The second kappa shape index (κ2) is 6.28. The molecule has 1 atom stereocenters. The number of hydrogen-bond acceptors (Lipinski definition) is 2. The summed E-state index contributed by atoms with van der Waals surface area (Å²) in [6.07, 6.45) is 9.89. The number of nitrogens with one attached hydrogen (secondary N) is 1. The highest BCUT2D eigenvalue weighted by molar-refractivity contribution is 5.30. The summed E-state index contributed by atoms with van der Waals surface area (Å²) in [4.78, 5) is 0. The van der Waals surface area contributed by atoms with Crippen LogP contribution in [0.15, 0.2) is 24.3 Å². The van der Waals surface area contributed by atoms with Gasteiger partial charge in [0.2, 0.25) is 0 Å². The van der Waals surface area contributed by atoms with Gasteiger partial charge in [-0.05, 0) is 43.2 Å². The van der Waals surface area contributed by atoms with Gasteiger partial charge >= 0.3 is 0 Å². The van der Waals surface area contributed by atoms with Crippen LogP contribution in [-0.4, -0.2) is 24.3 Å². The maximum absolute atomic E-state index is 9.79. The number of fused-ring (bicyclic) bond motifs is 1. The van der Waals surface area contributed by atoms with Crippen LogP contribution in [0.5, 0.6) is 0 Å². The van der Waals surface area contributed by atoms with Gasteiger partial charge in [-0.1, -0.05) is 43.5 Å². The molecule has 1 saturated carbocycles. The number of benzene rings is 1. The van der Waals surface area contributed by atoms with E-state index >= 15 is 0 Å². The van der Waals surface area contributed by atoms with Crippen LogP contribution in [-0.2, 0) is 12.8 Å². The van der Waals surface area contributed by atoms with Crippen LogP contribution < -0.4 is 5.32 Å². The van der Waals surface area contributed by atoms with Crippen molar-refractivity contribution in [3.05, 3.63) is 35.4 Å². The Bertz CT molecular complexity index is 437. The fourth-order valence-electron chi connectivity index (χ4n) is 3.93. The Morgan fingerprint density at radius 2 is 1.85 bits per heavy atom. The van der Waals surface area contributed by atoms with E-state index in [9.17, 15) is 5.11 Å². The molecule has 2 aliphatic carbocycles. The first kappa shape index (κ1) is 14.1. The molecule has 1 aromatic rings. The second-order valence-corrected chi connectivity index (χ2v) is 6.81. The number of hydrogen-bond donors (Lipinski definition) is 2. The zero-order valence-corrected chi connectivity index (χ0v) is 12.4. The van der Waals surface area contributed by atoms with E-state index in [4.69, 9.17) is 0 Å². The van der Waals surface area contributed by atoms with Gasteiger partial charge in [-0.3, -0.25) is 0 Å². The molecule has 2 nitrogen and oxygen atoms in total. The first-order valence-electron chi connectivity index (χ1n) is 8.22. The first-order chi connectivity index (χ1) is 9.81. The summed E-state index contributed by atoms with van der Waals surface area (Å²) < 4.78 is 0. The molecule has 0 radical (unpaired) electrons. The maximum Gasteiger partial charge on any atom is 0.0499 e. The SMILES string of the molecule is OCC1(CNC2CCc3ccccc3C2)CCCCC1. The Morgan fingerprint density at radius 1 is 1.10 bits per heavy atom. The summed E-state index contributed by atoms with van der Waals surface area (Å²) in [5.41, 5.74) is 3.20. The monoisotopic (exact) mass is 273 g/mol. The third-order valence-electron chi connectivity index (χ3n) is 5.36. The Kier molecular flexibility index (Phi) is 4.42. The van der Waals surface area contributed by atoms with Crippen LogP contribution in [0.2, 0.25) is 0 Å². The Morgan fingerprint density at radius 3 is 2.60 bits per heavy atom. The molecule has 20 heavy (non-hydrogen) atoms. The minimum Gasteiger partial charge on any atom is -0.396 e. The third kappa shape index (κ3) is 3.07. The molecular formula is C18H27NO. The molecule has 0 spiro atoms. The van der Waals surface area contributed by atoms with Gasteiger partial charge in [-0.25, -0.2) is 0 Å². The highest BCUT2D eigenvalue weighted by atomic mass is 16.3. The zero-order chi connectivity index (χ0) is 13.8. The smallest absolute Gasteiger partial charge is 0.0499 e. The first-order valence-corrected chi connectivity index (χ1v) is 8.22. The molecule has 1 fully saturated rings. The van der Waals surface area contributed by atoms with Gasteiger partial charge in [-0.2, -0.15) is 0 Å². The normalized spacial score (nSPS) is 25.1. The summed E-state index contributed by atoms with van der Waals surface area (Å²) >= 11 is 0. The minimum atomic E-state index is 0.162. The van der Waals surface area contributed by atoms with E-state index in [1.807, 2.05) is 0 Å². The van der Waals surface area contributed by atoms with Gasteiger partial charge in [0.25, 0.3) is 0 Å². The number of aryl methyl sites for hydroxylation is 1. The molecule has 2 N–H and O–H groups in total. The van der Waals surface area contributed by atoms with Crippen molar-refractivity contribution in [3.8, 4) is 0 Å². The van der Waals surface area contributed by atoms with Crippen molar-refractivity contribution in [1.29, 1.82) is 0 Å². The van der Waals surface area contributed by atoms with E-state index in [1.165, 1.54) is 56.1 Å². The lowest BCUT2D eigenvalue weighted by atomic mass is 9.74. The van der Waals surface area contributed by atoms with Crippen molar-refractivity contribution >= 4 is 0 Å². The van der Waals surface area contributed by atoms with Crippen molar-refractivity contribution in [2.45, 2.75) is 57.4 Å². The van der Waals surface area contributed by atoms with Crippen molar-refractivity contribution in [3.63, 3.8) is 0 Å². The quantitative estimate of drug-likeness (QED) is 0.883. The molecule has 0 heterocycles. The molecule has 0 saturated heterocycles. The largest absolute Gasteiger partial charge is 0.396 e. The number of aliphatic hydroxyl groups excluding tert-OH is 1. The van der Waals surface area contributed by atoms with E-state index in [-0.39, 0.29) is 5.41 Å². The fraction of sp³-hybridized carbons (Fsp3) is 0.667. The average Bonchev–Trinajstić information content (AvgIpc) is 2.54. The van der Waals surface area contributed by atoms with Crippen LogP contribution in [0.4, 0.5) is 0 Å². The zero-order valence-electron chi connectivity index (χ0n) is 12.4. The topological polar surface area (TPSA) is 32.3 Å². The fourth-order valence-corrected chi connectivity index (χ4v) is 3.93. The van der Waals surface area contributed by atoms with Gasteiger partial charge < -0.3 is 10.4 Å². The molecule has 0 aliphatic heterocycles. The molecule has 2 aliphatic rings. The van der Waals surface area contributed by atoms with Crippen molar-refractivity contribution < 1.29 is 5.11 Å². The van der Waals surface area contributed by atoms with Crippen LogP contribution in [0.1, 0.15) is 49.7 Å². The molecule has 1 unspecified atom stereocenters. The standard InChI is InChI=1S/C18H27NO/c20-14-18(10-4-1-5-11-18)13-19-17-9-8-15-6-2-3-7-16(15)12-17/h2-3,6-7,17,19-20H,1,4-5,8-14H2. The maximum atomic E-state index is 9.79. The van der Waals surface area contributed by atoms with Crippen LogP contribution >= 0.6 is 0 Å². The average molecular weight is 273 g/mol. The molecule has 2 heteroatoms. The number of rotatable bonds is 4. The number of aliphatic hydroxyl groups is 1. The van der Waals surface area contributed by atoms with Gasteiger partial charge in [0, 0.05) is 24.6 Å². The molecule has 1 aromatic carbocycles. The summed E-state index contributed by atoms with van der Waals surface area (Å²) in [7, 11) is 0. The lowest BCUT2D eigenvalue weighted by Gasteiger charge is -2.38. The van der Waals surface area contributed by atoms with Gasteiger partial charge in [0.1, 0.15) is 0 Å². The van der Waals surface area contributed by atoms with E-state index < -0.39 is 0 Å². The molecule has 3 rings (SSSR count). The molecule has 0 bridgehead atoms. The van der Waals surface area contributed by atoms with Crippen LogP contribution in [0.25, 0.3) is 0 Å². The Balaban J connectivity index is 1.57.